The topological polar surface area (TPSA) is 66.4 Å². The minimum absolute atomic E-state index is 0.177. The van der Waals surface area contributed by atoms with Gasteiger partial charge in [-0.2, -0.15) is 0 Å². The molecule has 0 fully saturated rings. The normalized spacial score (nSPS) is 12.5. The Bertz CT molecular complexity index is 942. The quantitative estimate of drug-likeness (QED) is 0.170. The molecule has 0 aliphatic rings. The van der Waals surface area contributed by atoms with Crippen molar-refractivity contribution < 1.29 is 14.7 Å². The van der Waals surface area contributed by atoms with Crippen LogP contribution in [0, 0.1) is 0 Å². The molecule has 0 aromatic heterocycles. The zero-order chi connectivity index (χ0) is 25.1. The highest BCUT2D eigenvalue weighted by Gasteiger charge is 2.21. The molecule has 0 saturated heterocycles. The lowest BCUT2D eigenvalue weighted by Crippen LogP contribution is -2.42. The number of fused-ring (bicyclic) bond motifs is 1. The summed E-state index contributed by atoms with van der Waals surface area (Å²) in [6, 6.07) is 12.9. The van der Waals surface area contributed by atoms with Crippen LogP contribution in [0.15, 0.2) is 66.8 Å². The summed E-state index contributed by atoms with van der Waals surface area (Å²) >= 11 is 0. The Morgan fingerprint density at radius 2 is 1.49 bits per heavy atom. The zero-order valence-corrected chi connectivity index (χ0v) is 21.4. The van der Waals surface area contributed by atoms with Gasteiger partial charge in [-0.1, -0.05) is 106 Å². The minimum Gasteiger partial charge on any atom is -0.480 e. The van der Waals surface area contributed by atoms with Crippen molar-refractivity contribution in [2.75, 3.05) is 0 Å². The van der Waals surface area contributed by atoms with E-state index in [1.807, 2.05) is 42.5 Å². The van der Waals surface area contributed by atoms with Crippen molar-refractivity contribution in [3.8, 4) is 0 Å². The second-order valence-electron chi connectivity index (χ2n) is 9.28. The van der Waals surface area contributed by atoms with Crippen molar-refractivity contribution in [3.05, 3.63) is 72.3 Å². The molecule has 190 valence electrons. The van der Waals surface area contributed by atoms with Gasteiger partial charge in [0.05, 0.1) is 0 Å². The number of hydrogen-bond donors (Lipinski definition) is 2. The maximum Gasteiger partial charge on any atom is 0.326 e. The van der Waals surface area contributed by atoms with E-state index in [2.05, 4.69) is 36.5 Å². The van der Waals surface area contributed by atoms with E-state index in [1.165, 1.54) is 32.1 Å². The standard InChI is InChI=1S/C31H43NO3/c1-2-3-4-5-6-7-8-9-10-11-12-13-14-15-16-24-30(33)32-29(31(34)35)25-27-22-19-21-26-20-17-18-23-28(26)27/h6-7,9-10,17-23,29H,2-5,8,11-16,24-25H2,1H3,(H,32,33)(H,34,35)/b7-6-,10-9-. The van der Waals surface area contributed by atoms with Gasteiger partial charge in [0.25, 0.3) is 0 Å². The molecular weight excluding hydrogens is 434 g/mol. The number of hydrogen-bond acceptors (Lipinski definition) is 2. The molecule has 1 amide bonds. The molecule has 0 bridgehead atoms. The zero-order valence-electron chi connectivity index (χ0n) is 21.4. The van der Waals surface area contributed by atoms with Gasteiger partial charge in [0, 0.05) is 12.8 Å². The summed E-state index contributed by atoms with van der Waals surface area (Å²) in [5, 5.41) is 14.5. The number of carbonyl (C=O) groups excluding carboxylic acids is 1. The maximum absolute atomic E-state index is 12.4. The third-order valence-electron chi connectivity index (χ3n) is 6.29. The largest absolute Gasteiger partial charge is 0.480 e. The number of unbranched alkanes of at least 4 members (excludes halogenated alkanes) is 8. The van der Waals surface area contributed by atoms with Gasteiger partial charge in [0.15, 0.2) is 0 Å². The molecule has 2 N–H and O–H groups in total. The number of carboxylic acids is 1. The monoisotopic (exact) mass is 477 g/mol. The lowest BCUT2D eigenvalue weighted by molar-refractivity contribution is -0.141. The summed E-state index contributed by atoms with van der Waals surface area (Å²) in [4.78, 5) is 24.1. The average Bonchev–Trinajstić information content (AvgIpc) is 2.86. The molecule has 0 saturated carbocycles. The Morgan fingerprint density at radius 1 is 0.829 bits per heavy atom. The summed E-state index contributed by atoms with van der Waals surface area (Å²) in [6.45, 7) is 2.23. The fourth-order valence-electron chi connectivity index (χ4n) is 4.25. The van der Waals surface area contributed by atoms with Crippen molar-refractivity contribution in [1.82, 2.24) is 5.32 Å². The second-order valence-corrected chi connectivity index (χ2v) is 9.28. The van der Waals surface area contributed by atoms with Gasteiger partial charge in [0.2, 0.25) is 5.91 Å². The van der Waals surface area contributed by atoms with Crippen LogP contribution in [0.3, 0.4) is 0 Å². The van der Waals surface area contributed by atoms with E-state index < -0.39 is 12.0 Å². The van der Waals surface area contributed by atoms with Gasteiger partial charge in [-0.15, -0.1) is 0 Å². The first-order valence-electron chi connectivity index (χ1n) is 13.4. The Balaban J connectivity index is 1.58. The second kappa shape index (κ2) is 17.5. The van der Waals surface area contributed by atoms with Crippen molar-refractivity contribution in [2.24, 2.45) is 0 Å². The first kappa shape index (κ1) is 28.4. The van der Waals surface area contributed by atoms with Gasteiger partial charge in [-0.05, 0) is 54.9 Å². The number of aliphatic carboxylic acids is 1. The Morgan fingerprint density at radius 3 is 2.23 bits per heavy atom. The molecule has 0 radical (unpaired) electrons. The van der Waals surface area contributed by atoms with Crippen molar-refractivity contribution in [2.45, 2.75) is 96.4 Å². The lowest BCUT2D eigenvalue weighted by Gasteiger charge is -2.16. The fraction of sp³-hybridized carbons (Fsp3) is 0.484. The number of allylic oxidation sites excluding steroid dienone is 4. The smallest absolute Gasteiger partial charge is 0.326 e. The molecule has 0 spiro atoms. The van der Waals surface area contributed by atoms with Crippen LogP contribution in [0.4, 0.5) is 0 Å². The highest BCUT2D eigenvalue weighted by atomic mass is 16.4. The fourth-order valence-corrected chi connectivity index (χ4v) is 4.25. The molecule has 4 nitrogen and oxygen atoms in total. The van der Waals surface area contributed by atoms with E-state index in [0.717, 1.165) is 54.9 Å². The lowest BCUT2D eigenvalue weighted by atomic mass is 9.98. The third-order valence-corrected chi connectivity index (χ3v) is 6.29. The molecule has 35 heavy (non-hydrogen) atoms. The average molecular weight is 478 g/mol. The van der Waals surface area contributed by atoms with Crippen LogP contribution in [0.25, 0.3) is 10.8 Å². The SMILES string of the molecule is CCCCC/C=C\C/C=C\CCCCCCCC(=O)NC(Cc1cccc2ccccc12)C(=O)O. The molecule has 0 heterocycles. The van der Waals surface area contributed by atoms with Crippen LogP contribution in [-0.4, -0.2) is 23.0 Å². The van der Waals surface area contributed by atoms with Crippen LogP contribution >= 0.6 is 0 Å². The molecule has 0 aliphatic heterocycles. The van der Waals surface area contributed by atoms with Crippen LogP contribution in [0.2, 0.25) is 0 Å². The van der Waals surface area contributed by atoms with Crippen LogP contribution in [0.1, 0.15) is 89.5 Å². The van der Waals surface area contributed by atoms with Crippen molar-refractivity contribution in [3.63, 3.8) is 0 Å². The number of nitrogens with one attached hydrogen (secondary N) is 1. The number of carbonyl (C=O) groups is 2. The Labute approximate surface area is 211 Å². The molecule has 2 aromatic rings. The first-order chi connectivity index (χ1) is 17.1. The number of benzene rings is 2. The Hall–Kier alpha value is -2.88. The third kappa shape index (κ3) is 11.9. The summed E-state index contributed by atoms with van der Waals surface area (Å²) in [5.74, 6) is -1.17. The van der Waals surface area contributed by atoms with Gasteiger partial charge < -0.3 is 10.4 Å². The molecule has 0 aliphatic carbocycles. The van der Waals surface area contributed by atoms with Gasteiger partial charge in [-0.25, -0.2) is 4.79 Å². The van der Waals surface area contributed by atoms with E-state index in [9.17, 15) is 14.7 Å². The van der Waals surface area contributed by atoms with E-state index in [4.69, 9.17) is 0 Å². The number of rotatable bonds is 18. The van der Waals surface area contributed by atoms with Crippen LogP contribution in [-0.2, 0) is 16.0 Å². The maximum atomic E-state index is 12.4. The summed E-state index contributed by atoms with van der Waals surface area (Å²) in [6.07, 6.45) is 22.2. The van der Waals surface area contributed by atoms with Crippen molar-refractivity contribution >= 4 is 22.6 Å². The molecule has 2 rings (SSSR count). The van der Waals surface area contributed by atoms with Gasteiger partial charge in [-0.3, -0.25) is 4.79 Å². The predicted octanol–water partition coefficient (Wildman–Crippen LogP) is 7.77. The number of amides is 1. The molecule has 4 heteroatoms. The highest BCUT2D eigenvalue weighted by Crippen LogP contribution is 2.20. The summed E-state index contributed by atoms with van der Waals surface area (Å²) in [5.41, 5.74) is 0.938. The predicted molar refractivity (Wildman–Crippen MR) is 147 cm³/mol. The van der Waals surface area contributed by atoms with Gasteiger partial charge in [0.1, 0.15) is 6.04 Å². The van der Waals surface area contributed by atoms with E-state index in [-0.39, 0.29) is 12.3 Å². The van der Waals surface area contributed by atoms with E-state index in [1.54, 1.807) is 0 Å². The molecule has 1 unspecified atom stereocenters. The van der Waals surface area contributed by atoms with Crippen LogP contribution in [0.5, 0.6) is 0 Å². The molecule has 2 aromatic carbocycles. The summed E-state index contributed by atoms with van der Waals surface area (Å²) in [7, 11) is 0. The van der Waals surface area contributed by atoms with Crippen LogP contribution < -0.4 is 5.32 Å². The first-order valence-corrected chi connectivity index (χ1v) is 13.4. The number of carboxylic acid groups (broad SMARTS) is 1. The van der Waals surface area contributed by atoms with Crippen molar-refractivity contribution in [1.29, 1.82) is 0 Å². The molecular formula is C31H43NO3. The molecule has 1 atom stereocenters. The van der Waals surface area contributed by atoms with E-state index in [0.29, 0.717) is 6.42 Å². The van der Waals surface area contributed by atoms with Gasteiger partial charge >= 0.3 is 5.97 Å². The highest BCUT2D eigenvalue weighted by molar-refractivity contribution is 5.88. The minimum atomic E-state index is -0.994. The van der Waals surface area contributed by atoms with E-state index >= 15 is 0 Å². The Kier molecular flexibility index (Phi) is 14.2. The summed E-state index contributed by atoms with van der Waals surface area (Å²) < 4.78 is 0.